The summed E-state index contributed by atoms with van der Waals surface area (Å²) in [5.41, 5.74) is -0.0239. The lowest BCUT2D eigenvalue weighted by atomic mass is 10.00. The third kappa shape index (κ3) is 5.81. The molecule has 0 saturated carbocycles. The molecule has 0 unspecified atom stereocenters. The van der Waals surface area contributed by atoms with Crippen LogP contribution in [0, 0.1) is 5.82 Å². The number of phenols is 1. The first-order valence-corrected chi connectivity index (χ1v) is 16.9. The molecule has 45 heavy (non-hydrogen) atoms. The van der Waals surface area contributed by atoms with E-state index in [1.807, 2.05) is 49.9 Å². The molecule has 3 aliphatic rings. The maximum Gasteiger partial charge on any atom is 0.410 e. The molecule has 12 heteroatoms. The zero-order valence-corrected chi connectivity index (χ0v) is 26.3. The lowest BCUT2D eigenvalue weighted by molar-refractivity contribution is 0.0122. The van der Waals surface area contributed by atoms with E-state index in [0.717, 1.165) is 23.6 Å². The van der Waals surface area contributed by atoms with Gasteiger partial charge < -0.3 is 24.0 Å². The number of carbonyl (C=O) groups excluding carboxylic acids is 1. The molecule has 4 aromatic rings. The summed E-state index contributed by atoms with van der Waals surface area (Å²) in [4.78, 5) is 31.0. The van der Waals surface area contributed by atoms with Crippen LogP contribution in [0.2, 0.25) is 0 Å². The number of rotatable bonds is 4. The number of piperazine rings is 1. The Balaban J connectivity index is 1.30. The number of benzene rings is 2. The smallest absolute Gasteiger partial charge is 0.410 e. The van der Waals surface area contributed by atoms with Crippen molar-refractivity contribution in [1.29, 1.82) is 0 Å². The molecule has 3 aliphatic heterocycles. The molecule has 1 N–H and O–H groups in total. The van der Waals surface area contributed by atoms with E-state index in [0.29, 0.717) is 54.2 Å². The highest BCUT2D eigenvalue weighted by atomic mass is 32.2. The van der Waals surface area contributed by atoms with Crippen LogP contribution in [-0.2, 0) is 15.9 Å². The van der Waals surface area contributed by atoms with Gasteiger partial charge in [-0.15, -0.1) is 0 Å². The van der Waals surface area contributed by atoms with Crippen molar-refractivity contribution in [3.8, 4) is 23.0 Å². The standard InChI is InChI=1S/C33H36FN5O5S/c1-33(2,3)44-32(41)39-20-8-9-21(39)18-38(17-20)30-26-16-35-28(25-15-22(40)14-19-6-4-5-7-24(19)25)27(34)29(26)36-31(37-30)43-23-10-12-45(42)13-11-23/h4-7,14-16,20-21,23,40H,8-13,17-18H2,1-3H3/t20-,21+,23?,45?. The predicted molar refractivity (Wildman–Crippen MR) is 171 cm³/mol. The lowest BCUT2D eigenvalue weighted by Crippen LogP contribution is -2.57. The second kappa shape index (κ2) is 11.5. The number of halogens is 1. The number of anilines is 1. The van der Waals surface area contributed by atoms with Gasteiger partial charge in [-0.05, 0) is 56.5 Å². The van der Waals surface area contributed by atoms with E-state index in [-0.39, 0.29) is 47.3 Å². The number of hydrogen-bond donors (Lipinski definition) is 1. The number of carbonyl (C=O) groups is 1. The fraction of sp³-hybridized carbons (Fsp3) is 0.455. The number of phenolic OH excluding ortho intramolecular Hbond substituents is 1. The van der Waals surface area contributed by atoms with Crippen LogP contribution in [0.25, 0.3) is 32.9 Å². The van der Waals surface area contributed by atoms with E-state index < -0.39 is 22.6 Å². The van der Waals surface area contributed by atoms with Gasteiger partial charge in [0.25, 0.3) is 0 Å². The summed E-state index contributed by atoms with van der Waals surface area (Å²) in [5, 5.41) is 12.4. The maximum atomic E-state index is 16.6. The average molecular weight is 634 g/mol. The largest absolute Gasteiger partial charge is 0.616 e. The SMILES string of the molecule is CC(C)(C)OC(=O)N1[C@@H]2CC[C@H]1CN(c1nc(OC3CC[S+]([O-])CC3)nc3c(F)c(-c4cc(O)cc5ccccc45)ncc13)C2. The molecule has 0 spiro atoms. The van der Waals surface area contributed by atoms with Gasteiger partial charge in [-0.1, -0.05) is 35.4 Å². The number of aromatic hydroxyl groups is 1. The van der Waals surface area contributed by atoms with E-state index in [4.69, 9.17) is 14.5 Å². The molecule has 1 amide bonds. The van der Waals surface area contributed by atoms with Gasteiger partial charge in [0, 0.05) is 37.7 Å². The molecule has 7 rings (SSSR count). The fourth-order valence-corrected chi connectivity index (χ4v) is 7.98. The van der Waals surface area contributed by atoms with Gasteiger partial charge >= 0.3 is 12.1 Å². The molecule has 2 aromatic heterocycles. The third-order valence-electron chi connectivity index (χ3n) is 8.74. The van der Waals surface area contributed by atoms with Crippen LogP contribution in [0.3, 0.4) is 0 Å². The Morgan fingerprint density at radius 3 is 2.47 bits per heavy atom. The van der Waals surface area contributed by atoms with Crippen LogP contribution in [-0.4, -0.2) is 84.0 Å². The number of amides is 1. The minimum absolute atomic E-state index is 0.00501. The summed E-state index contributed by atoms with van der Waals surface area (Å²) in [6, 6.07) is 10.4. The van der Waals surface area contributed by atoms with Gasteiger partial charge in [0.1, 0.15) is 46.0 Å². The Kier molecular flexibility index (Phi) is 7.60. The Morgan fingerprint density at radius 1 is 1.04 bits per heavy atom. The number of pyridine rings is 1. The van der Waals surface area contributed by atoms with E-state index in [1.54, 1.807) is 12.3 Å². The van der Waals surface area contributed by atoms with Crippen LogP contribution in [0.15, 0.2) is 42.6 Å². The Labute approximate surface area is 263 Å². The van der Waals surface area contributed by atoms with E-state index >= 15 is 4.39 Å². The zero-order valence-electron chi connectivity index (χ0n) is 25.5. The van der Waals surface area contributed by atoms with E-state index in [9.17, 15) is 14.5 Å². The van der Waals surface area contributed by atoms with Gasteiger partial charge in [-0.2, -0.15) is 9.97 Å². The predicted octanol–water partition coefficient (Wildman–Crippen LogP) is 5.57. The molecular weight excluding hydrogens is 597 g/mol. The normalized spacial score (nSPS) is 23.5. The molecule has 10 nitrogen and oxygen atoms in total. The maximum absolute atomic E-state index is 16.6. The number of ether oxygens (including phenoxy) is 2. The van der Waals surface area contributed by atoms with Crippen molar-refractivity contribution < 1.29 is 28.3 Å². The van der Waals surface area contributed by atoms with Crippen LogP contribution in [0.5, 0.6) is 11.8 Å². The highest BCUT2D eigenvalue weighted by Gasteiger charge is 2.45. The summed E-state index contributed by atoms with van der Waals surface area (Å²) in [5.74, 6) is 0.929. The lowest BCUT2D eigenvalue weighted by Gasteiger charge is -2.42. The van der Waals surface area contributed by atoms with Crippen molar-refractivity contribution in [2.24, 2.45) is 0 Å². The van der Waals surface area contributed by atoms with Gasteiger partial charge in [0.2, 0.25) is 0 Å². The van der Waals surface area contributed by atoms with Gasteiger partial charge in [0.05, 0.1) is 17.5 Å². The van der Waals surface area contributed by atoms with Gasteiger partial charge in [0.15, 0.2) is 5.82 Å². The first-order chi connectivity index (χ1) is 21.5. The van der Waals surface area contributed by atoms with Crippen LogP contribution in [0.1, 0.15) is 46.5 Å². The second-order valence-electron chi connectivity index (χ2n) is 13.1. The number of aromatic nitrogens is 3. The van der Waals surface area contributed by atoms with Crippen molar-refractivity contribution >= 4 is 44.8 Å². The van der Waals surface area contributed by atoms with Crippen molar-refractivity contribution in [2.75, 3.05) is 29.5 Å². The minimum Gasteiger partial charge on any atom is -0.616 e. The molecule has 3 saturated heterocycles. The Morgan fingerprint density at radius 2 is 1.76 bits per heavy atom. The van der Waals surface area contributed by atoms with E-state index in [1.165, 1.54) is 6.07 Å². The molecule has 3 fully saturated rings. The summed E-state index contributed by atoms with van der Waals surface area (Å²) < 4.78 is 40.5. The Hall–Kier alpha value is -3.90. The summed E-state index contributed by atoms with van der Waals surface area (Å²) >= 11 is -0.866. The molecule has 2 aromatic carbocycles. The van der Waals surface area contributed by atoms with Gasteiger partial charge in [-0.25, -0.2) is 9.18 Å². The van der Waals surface area contributed by atoms with Crippen LogP contribution < -0.4 is 9.64 Å². The molecule has 0 aliphatic carbocycles. The van der Waals surface area contributed by atoms with Crippen molar-refractivity contribution in [3.63, 3.8) is 0 Å². The van der Waals surface area contributed by atoms with Crippen molar-refractivity contribution in [2.45, 2.75) is 70.2 Å². The topological polar surface area (TPSA) is 124 Å². The monoisotopic (exact) mass is 633 g/mol. The number of nitrogens with zero attached hydrogens (tertiary/aromatic N) is 5. The second-order valence-corrected chi connectivity index (χ2v) is 14.8. The zero-order chi connectivity index (χ0) is 31.5. The summed E-state index contributed by atoms with van der Waals surface area (Å²) in [7, 11) is 0. The van der Waals surface area contributed by atoms with Crippen LogP contribution >= 0.6 is 0 Å². The molecule has 236 valence electrons. The Bertz CT molecular complexity index is 1760. The molecule has 0 radical (unpaired) electrons. The molecule has 5 heterocycles. The highest BCUT2D eigenvalue weighted by Crippen LogP contribution is 2.39. The number of fused-ring (bicyclic) bond motifs is 4. The average Bonchev–Trinajstić information content (AvgIpc) is 3.27. The van der Waals surface area contributed by atoms with Gasteiger partial charge in [-0.3, -0.25) is 9.88 Å². The van der Waals surface area contributed by atoms with Crippen LogP contribution in [0.4, 0.5) is 15.0 Å². The molecular formula is C33H36FN5O5S. The minimum atomic E-state index is -0.866. The van der Waals surface area contributed by atoms with Crippen molar-refractivity contribution in [1.82, 2.24) is 19.9 Å². The van der Waals surface area contributed by atoms with E-state index in [2.05, 4.69) is 14.9 Å². The van der Waals surface area contributed by atoms with Crippen molar-refractivity contribution in [3.05, 3.63) is 48.4 Å². The highest BCUT2D eigenvalue weighted by molar-refractivity contribution is 7.91. The third-order valence-corrected chi connectivity index (χ3v) is 10.1. The molecule has 2 bridgehead atoms. The fourth-order valence-electron chi connectivity index (χ4n) is 6.72. The first kappa shape index (κ1) is 29.8. The number of hydrogen-bond acceptors (Lipinski definition) is 9. The summed E-state index contributed by atoms with van der Waals surface area (Å²) in [6.07, 6.45) is 3.88. The summed E-state index contributed by atoms with van der Waals surface area (Å²) in [6.45, 7) is 6.56. The first-order valence-electron chi connectivity index (χ1n) is 15.4. The quantitative estimate of drug-likeness (QED) is 0.287. The molecule has 2 atom stereocenters.